The Bertz CT molecular complexity index is 1530. The molecule has 3 heterocycles. The molecule has 2 aromatic carbocycles. The standard InChI is InChI=1S/C23H19FN4O3S3/c1-13-26-16(12-32-13)19-9-10-20(33-19)22-27(2)17-8-7-14(24)11-15(17)23(29)28(22)18-5-3-4-6-21(18)34(25,30)31/h3-12,22H,1-2H3,(H2,25,30,31). The van der Waals surface area contributed by atoms with Crippen LogP contribution in [0, 0.1) is 12.7 Å². The molecule has 0 fully saturated rings. The van der Waals surface area contributed by atoms with Crippen molar-refractivity contribution in [1.82, 2.24) is 4.98 Å². The van der Waals surface area contributed by atoms with Gasteiger partial charge in [0.15, 0.2) is 0 Å². The molecule has 0 bridgehead atoms. The molecular formula is C23H19FN4O3S3. The van der Waals surface area contributed by atoms with Gasteiger partial charge in [0.1, 0.15) is 16.9 Å². The summed E-state index contributed by atoms with van der Waals surface area (Å²) in [6, 6.07) is 13.9. The maximum Gasteiger partial charge on any atom is 0.262 e. The number of hydrogen-bond acceptors (Lipinski definition) is 7. The van der Waals surface area contributed by atoms with Crippen molar-refractivity contribution in [3.63, 3.8) is 0 Å². The van der Waals surface area contributed by atoms with E-state index < -0.39 is 27.9 Å². The topological polar surface area (TPSA) is 96.6 Å². The molecule has 1 amide bonds. The first kappa shape index (κ1) is 22.7. The van der Waals surface area contributed by atoms with Crippen LogP contribution < -0.4 is 14.9 Å². The van der Waals surface area contributed by atoms with Gasteiger partial charge in [-0.25, -0.2) is 22.9 Å². The second kappa shape index (κ2) is 8.27. The number of halogens is 1. The van der Waals surface area contributed by atoms with Gasteiger partial charge >= 0.3 is 0 Å². The van der Waals surface area contributed by atoms with Crippen LogP contribution in [-0.2, 0) is 10.0 Å². The van der Waals surface area contributed by atoms with Crippen molar-refractivity contribution in [2.45, 2.75) is 18.0 Å². The number of para-hydroxylation sites is 1. The average molecular weight is 515 g/mol. The third-order valence-electron chi connectivity index (χ3n) is 5.58. The monoisotopic (exact) mass is 514 g/mol. The van der Waals surface area contributed by atoms with E-state index in [1.54, 1.807) is 30.5 Å². The summed E-state index contributed by atoms with van der Waals surface area (Å²) in [6.07, 6.45) is -0.688. The third-order valence-corrected chi connectivity index (χ3v) is 8.46. The number of amides is 1. The summed E-state index contributed by atoms with van der Waals surface area (Å²) < 4.78 is 38.9. The van der Waals surface area contributed by atoms with Gasteiger partial charge in [-0.3, -0.25) is 9.69 Å². The number of rotatable bonds is 4. The van der Waals surface area contributed by atoms with Gasteiger partial charge < -0.3 is 4.90 Å². The molecule has 11 heteroatoms. The smallest absolute Gasteiger partial charge is 0.262 e. The fraction of sp³-hybridized carbons (Fsp3) is 0.130. The summed E-state index contributed by atoms with van der Waals surface area (Å²) in [6.45, 7) is 1.93. The van der Waals surface area contributed by atoms with Crippen LogP contribution in [0.3, 0.4) is 0 Å². The number of hydrogen-bond donors (Lipinski definition) is 1. The Labute approximate surface area is 204 Å². The largest absolute Gasteiger partial charge is 0.349 e. The lowest BCUT2D eigenvalue weighted by molar-refractivity contribution is 0.0969. The minimum Gasteiger partial charge on any atom is -0.349 e. The van der Waals surface area contributed by atoms with Gasteiger partial charge in [0, 0.05) is 17.3 Å². The molecule has 1 atom stereocenters. The Morgan fingerprint density at radius 2 is 1.85 bits per heavy atom. The van der Waals surface area contributed by atoms with Crippen molar-refractivity contribution in [2.75, 3.05) is 16.8 Å². The number of thiazole rings is 1. The van der Waals surface area contributed by atoms with Crippen LogP contribution in [0.4, 0.5) is 15.8 Å². The van der Waals surface area contributed by atoms with Crippen LogP contribution in [0.15, 0.2) is 64.9 Å². The van der Waals surface area contributed by atoms with Crippen LogP contribution >= 0.6 is 22.7 Å². The summed E-state index contributed by atoms with van der Waals surface area (Å²) >= 11 is 3.00. The normalized spacial score (nSPS) is 16.1. The Hall–Kier alpha value is -3.12. The van der Waals surface area contributed by atoms with E-state index in [-0.39, 0.29) is 16.1 Å². The molecule has 34 heavy (non-hydrogen) atoms. The summed E-state index contributed by atoms with van der Waals surface area (Å²) in [7, 11) is -2.36. The van der Waals surface area contributed by atoms with Crippen molar-refractivity contribution < 1.29 is 17.6 Å². The minimum absolute atomic E-state index is 0.126. The van der Waals surface area contributed by atoms with Crippen molar-refractivity contribution in [1.29, 1.82) is 0 Å². The van der Waals surface area contributed by atoms with Crippen molar-refractivity contribution >= 4 is 50.0 Å². The predicted octanol–water partition coefficient (Wildman–Crippen LogP) is 4.76. The highest BCUT2D eigenvalue weighted by atomic mass is 32.2. The van der Waals surface area contributed by atoms with Crippen molar-refractivity contribution in [3.05, 3.63) is 81.2 Å². The van der Waals surface area contributed by atoms with Crippen molar-refractivity contribution in [3.8, 4) is 10.6 Å². The van der Waals surface area contributed by atoms with Crippen LogP contribution in [-0.4, -0.2) is 26.4 Å². The molecule has 0 radical (unpaired) electrons. The van der Waals surface area contributed by atoms with Gasteiger partial charge in [-0.2, -0.15) is 0 Å². The Balaban J connectivity index is 1.72. The summed E-state index contributed by atoms with van der Waals surface area (Å²) in [5, 5.41) is 8.39. The predicted molar refractivity (Wildman–Crippen MR) is 132 cm³/mol. The second-order valence-electron chi connectivity index (χ2n) is 7.79. The maximum atomic E-state index is 14.1. The first-order valence-electron chi connectivity index (χ1n) is 10.1. The fourth-order valence-electron chi connectivity index (χ4n) is 4.09. The summed E-state index contributed by atoms with van der Waals surface area (Å²) in [5.41, 5.74) is 1.64. The number of sulfonamides is 1. The number of primary sulfonamides is 1. The highest BCUT2D eigenvalue weighted by Gasteiger charge is 2.40. The summed E-state index contributed by atoms with van der Waals surface area (Å²) in [5.74, 6) is -1.08. The second-order valence-corrected chi connectivity index (χ2v) is 11.5. The lowest BCUT2D eigenvalue weighted by atomic mass is 10.0. The zero-order chi connectivity index (χ0) is 24.2. The number of aromatic nitrogens is 1. The van der Waals surface area contributed by atoms with Gasteiger partial charge in [-0.05, 0) is 49.4 Å². The van der Waals surface area contributed by atoms with Crippen LogP contribution in [0.2, 0.25) is 0 Å². The van der Waals surface area contributed by atoms with Crippen LogP contribution in [0.25, 0.3) is 10.6 Å². The number of aryl methyl sites for hydroxylation is 1. The number of fused-ring (bicyclic) bond motifs is 1. The molecule has 0 aliphatic carbocycles. The molecule has 0 spiro atoms. The van der Waals surface area contributed by atoms with E-state index in [0.717, 1.165) is 26.5 Å². The zero-order valence-electron chi connectivity index (χ0n) is 18.1. The first-order chi connectivity index (χ1) is 16.1. The van der Waals surface area contributed by atoms with Gasteiger partial charge in [0.05, 0.1) is 32.5 Å². The van der Waals surface area contributed by atoms with Crippen LogP contribution in [0.1, 0.15) is 26.4 Å². The highest BCUT2D eigenvalue weighted by molar-refractivity contribution is 7.89. The minimum atomic E-state index is -4.14. The number of benzene rings is 2. The number of carbonyl (C=O) groups excluding carboxylic acids is 1. The van der Waals surface area contributed by atoms with E-state index in [9.17, 15) is 17.6 Å². The van der Waals surface area contributed by atoms with Gasteiger partial charge in [-0.1, -0.05) is 12.1 Å². The molecule has 1 aliphatic heterocycles. The van der Waals surface area contributed by atoms with Gasteiger partial charge in [-0.15, -0.1) is 22.7 Å². The Morgan fingerprint density at radius 1 is 1.09 bits per heavy atom. The lowest BCUT2D eigenvalue weighted by Gasteiger charge is -2.43. The van der Waals surface area contributed by atoms with Gasteiger partial charge in [0.25, 0.3) is 5.91 Å². The number of anilines is 2. The quantitative estimate of drug-likeness (QED) is 0.424. The SMILES string of the molecule is Cc1nc(-c2ccc(C3N(C)c4ccc(F)cc4C(=O)N3c3ccccc3S(N)(=O)=O)s2)cs1. The zero-order valence-corrected chi connectivity index (χ0v) is 20.5. The highest BCUT2D eigenvalue weighted by Crippen LogP contribution is 2.45. The molecule has 2 N–H and O–H groups in total. The Kier molecular flexibility index (Phi) is 5.52. The van der Waals surface area contributed by atoms with E-state index in [2.05, 4.69) is 4.98 Å². The fourth-order valence-corrected chi connectivity index (χ4v) is 6.61. The van der Waals surface area contributed by atoms with E-state index in [1.807, 2.05) is 29.3 Å². The molecule has 174 valence electrons. The summed E-state index contributed by atoms with van der Waals surface area (Å²) in [4.78, 5) is 23.0. The average Bonchev–Trinajstić information content (AvgIpc) is 3.44. The number of nitrogens with two attached hydrogens (primary N) is 1. The number of thiophene rings is 1. The van der Waals surface area contributed by atoms with E-state index in [4.69, 9.17) is 5.14 Å². The molecule has 2 aromatic heterocycles. The molecule has 0 saturated heterocycles. The van der Waals surface area contributed by atoms with Crippen LogP contribution in [0.5, 0.6) is 0 Å². The number of nitrogens with zero attached hydrogens (tertiary/aromatic N) is 3. The molecular weight excluding hydrogens is 495 g/mol. The molecule has 1 aliphatic rings. The molecule has 4 aromatic rings. The molecule has 1 unspecified atom stereocenters. The third kappa shape index (κ3) is 3.80. The van der Waals surface area contributed by atoms with E-state index in [1.165, 1.54) is 40.5 Å². The lowest BCUT2D eigenvalue weighted by Crippen LogP contribution is -2.48. The maximum absolute atomic E-state index is 14.1. The van der Waals surface area contributed by atoms with E-state index in [0.29, 0.717) is 5.69 Å². The Morgan fingerprint density at radius 3 is 2.56 bits per heavy atom. The molecule has 5 rings (SSSR count). The van der Waals surface area contributed by atoms with E-state index >= 15 is 0 Å². The first-order valence-corrected chi connectivity index (χ1v) is 13.4. The van der Waals surface area contributed by atoms with Crippen molar-refractivity contribution in [2.24, 2.45) is 5.14 Å². The molecule has 0 saturated carbocycles. The molecule has 7 nitrogen and oxygen atoms in total. The van der Waals surface area contributed by atoms with Gasteiger partial charge in [0.2, 0.25) is 10.0 Å². The number of carbonyl (C=O) groups is 1.